The summed E-state index contributed by atoms with van der Waals surface area (Å²) in [6.07, 6.45) is 1.59. The minimum Gasteiger partial charge on any atom is -0.362 e. The summed E-state index contributed by atoms with van der Waals surface area (Å²) in [5.74, 6) is 0.955. The van der Waals surface area contributed by atoms with E-state index in [1.807, 2.05) is 11.7 Å². The lowest BCUT2D eigenvalue weighted by Gasteiger charge is -2.28. The van der Waals surface area contributed by atoms with Crippen LogP contribution in [-0.4, -0.2) is 20.8 Å². The highest BCUT2D eigenvalue weighted by Crippen LogP contribution is 2.20. The molecule has 5 nitrogen and oxygen atoms in total. The molecule has 2 rings (SSSR count). The number of nitrogens with two attached hydrogens (primary N) is 1. The Kier molecular flexibility index (Phi) is 4.16. The van der Waals surface area contributed by atoms with Gasteiger partial charge in [0.1, 0.15) is 12.2 Å². The van der Waals surface area contributed by atoms with Crippen molar-refractivity contribution >= 4 is 5.69 Å². The predicted molar refractivity (Wildman–Crippen MR) is 76.7 cm³/mol. The van der Waals surface area contributed by atoms with E-state index in [1.54, 1.807) is 6.33 Å². The third-order valence-electron chi connectivity index (χ3n) is 3.24. The van der Waals surface area contributed by atoms with Crippen molar-refractivity contribution in [2.24, 2.45) is 12.8 Å². The molecule has 2 aromatic rings. The van der Waals surface area contributed by atoms with Crippen molar-refractivity contribution in [1.82, 2.24) is 14.8 Å². The highest BCUT2D eigenvalue weighted by Gasteiger charge is 2.13. The predicted octanol–water partition coefficient (Wildman–Crippen LogP) is 1.69. The van der Waals surface area contributed by atoms with Crippen LogP contribution < -0.4 is 10.6 Å². The zero-order valence-corrected chi connectivity index (χ0v) is 11.7. The van der Waals surface area contributed by atoms with Gasteiger partial charge in [-0.15, -0.1) is 0 Å². The molecular weight excluding hydrogens is 238 g/mol. The minimum atomic E-state index is 0.389. The Labute approximate surface area is 114 Å². The number of anilines is 1. The maximum Gasteiger partial charge on any atom is 0.146 e. The normalized spacial score (nSPS) is 11.0. The fourth-order valence-corrected chi connectivity index (χ4v) is 2.01. The van der Waals surface area contributed by atoms with Gasteiger partial charge in [-0.3, -0.25) is 4.68 Å². The highest BCUT2D eigenvalue weighted by molar-refractivity contribution is 5.48. The van der Waals surface area contributed by atoms with Crippen LogP contribution in [0.15, 0.2) is 30.6 Å². The van der Waals surface area contributed by atoms with Gasteiger partial charge >= 0.3 is 0 Å². The van der Waals surface area contributed by atoms with Crippen molar-refractivity contribution in [3.05, 3.63) is 42.0 Å². The number of hydrogen-bond donors (Lipinski definition) is 1. The van der Waals surface area contributed by atoms with E-state index in [1.165, 1.54) is 5.69 Å². The molecule has 1 aromatic carbocycles. The fraction of sp³-hybridized carbons (Fsp3) is 0.429. The molecule has 0 atom stereocenters. The summed E-state index contributed by atoms with van der Waals surface area (Å²) >= 11 is 0. The molecule has 0 bridgehead atoms. The van der Waals surface area contributed by atoms with Crippen LogP contribution in [0.25, 0.3) is 0 Å². The number of aryl methyl sites for hydroxylation is 1. The van der Waals surface area contributed by atoms with E-state index in [-0.39, 0.29) is 0 Å². The molecule has 5 heteroatoms. The van der Waals surface area contributed by atoms with Crippen molar-refractivity contribution in [3.63, 3.8) is 0 Å². The van der Waals surface area contributed by atoms with Crippen molar-refractivity contribution in [2.45, 2.75) is 33.0 Å². The fourth-order valence-electron chi connectivity index (χ4n) is 2.01. The maximum absolute atomic E-state index is 5.63. The average Bonchev–Trinajstić information content (AvgIpc) is 2.81. The van der Waals surface area contributed by atoms with Crippen LogP contribution >= 0.6 is 0 Å². The Balaban J connectivity index is 2.22. The standard InChI is InChI=1S/C14H21N5/c1-11(2)19(9-14-16-10-17-18(14)3)13-6-4-12(8-15)5-7-13/h4-7,10-11H,8-9,15H2,1-3H3. The van der Waals surface area contributed by atoms with Crippen LogP contribution in [0.2, 0.25) is 0 Å². The summed E-state index contributed by atoms with van der Waals surface area (Å²) < 4.78 is 1.81. The zero-order valence-electron chi connectivity index (χ0n) is 11.7. The number of rotatable bonds is 5. The van der Waals surface area contributed by atoms with E-state index in [2.05, 4.69) is 53.1 Å². The molecule has 0 spiro atoms. The van der Waals surface area contributed by atoms with Gasteiger partial charge in [-0.05, 0) is 31.5 Å². The molecule has 102 valence electrons. The molecule has 0 aliphatic carbocycles. The zero-order chi connectivity index (χ0) is 13.8. The first kappa shape index (κ1) is 13.5. The topological polar surface area (TPSA) is 60.0 Å². The lowest BCUT2D eigenvalue weighted by Crippen LogP contribution is -2.31. The molecule has 0 fully saturated rings. The van der Waals surface area contributed by atoms with Gasteiger partial charge in [0.25, 0.3) is 0 Å². The monoisotopic (exact) mass is 259 g/mol. The molecule has 0 saturated carbocycles. The molecule has 0 aliphatic rings. The lowest BCUT2D eigenvalue weighted by molar-refractivity contribution is 0.623. The van der Waals surface area contributed by atoms with Crippen LogP contribution in [0.1, 0.15) is 25.2 Å². The van der Waals surface area contributed by atoms with Gasteiger partial charge in [0.05, 0.1) is 6.54 Å². The SMILES string of the molecule is CC(C)N(Cc1ncnn1C)c1ccc(CN)cc1. The van der Waals surface area contributed by atoms with Crippen molar-refractivity contribution in [1.29, 1.82) is 0 Å². The van der Waals surface area contributed by atoms with Gasteiger partial charge in [-0.2, -0.15) is 5.10 Å². The summed E-state index contributed by atoms with van der Waals surface area (Å²) in [6, 6.07) is 8.75. The molecule has 0 radical (unpaired) electrons. The van der Waals surface area contributed by atoms with Gasteiger partial charge in [0.2, 0.25) is 0 Å². The minimum absolute atomic E-state index is 0.389. The molecule has 0 aliphatic heterocycles. The molecule has 2 N–H and O–H groups in total. The number of hydrogen-bond acceptors (Lipinski definition) is 4. The van der Waals surface area contributed by atoms with Crippen LogP contribution in [0, 0.1) is 0 Å². The second kappa shape index (κ2) is 5.84. The van der Waals surface area contributed by atoms with E-state index in [4.69, 9.17) is 5.73 Å². The second-order valence-electron chi connectivity index (χ2n) is 4.89. The molecule has 0 saturated heterocycles. The van der Waals surface area contributed by atoms with Gasteiger partial charge < -0.3 is 10.6 Å². The summed E-state index contributed by atoms with van der Waals surface area (Å²) in [4.78, 5) is 6.58. The third-order valence-corrected chi connectivity index (χ3v) is 3.24. The highest BCUT2D eigenvalue weighted by atomic mass is 15.3. The van der Waals surface area contributed by atoms with Crippen molar-refractivity contribution in [2.75, 3.05) is 4.90 Å². The van der Waals surface area contributed by atoms with E-state index in [0.29, 0.717) is 12.6 Å². The molecule has 0 unspecified atom stereocenters. The Morgan fingerprint density at radius 2 is 1.95 bits per heavy atom. The number of aromatic nitrogens is 3. The van der Waals surface area contributed by atoms with Crippen LogP contribution in [-0.2, 0) is 20.1 Å². The summed E-state index contributed by atoms with van der Waals surface area (Å²) in [6.45, 7) is 5.67. The van der Waals surface area contributed by atoms with Crippen molar-refractivity contribution < 1.29 is 0 Å². The van der Waals surface area contributed by atoms with Crippen LogP contribution in [0.5, 0.6) is 0 Å². The first-order valence-electron chi connectivity index (χ1n) is 6.50. The lowest BCUT2D eigenvalue weighted by atomic mass is 10.1. The summed E-state index contributed by atoms with van der Waals surface area (Å²) in [5, 5.41) is 4.11. The van der Waals surface area contributed by atoms with Gasteiger partial charge in [-0.1, -0.05) is 12.1 Å². The van der Waals surface area contributed by atoms with E-state index in [9.17, 15) is 0 Å². The van der Waals surface area contributed by atoms with E-state index in [0.717, 1.165) is 17.9 Å². The van der Waals surface area contributed by atoms with Gasteiger partial charge in [-0.25, -0.2) is 4.98 Å². The van der Waals surface area contributed by atoms with E-state index < -0.39 is 0 Å². The van der Waals surface area contributed by atoms with Gasteiger partial charge in [0, 0.05) is 25.3 Å². The summed E-state index contributed by atoms with van der Waals surface area (Å²) in [7, 11) is 1.92. The molecule has 19 heavy (non-hydrogen) atoms. The third kappa shape index (κ3) is 3.12. The quantitative estimate of drug-likeness (QED) is 0.887. The molecule has 1 heterocycles. The second-order valence-corrected chi connectivity index (χ2v) is 4.89. The first-order valence-corrected chi connectivity index (χ1v) is 6.50. The first-order chi connectivity index (χ1) is 9.11. The Bertz CT molecular complexity index is 515. The number of nitrogens with zero attached hydrogens (tertiary/aromatic N) is 4. The Morgan fingerprint density at radius 3 is 2.42 bits per heavy atom. The number of benzene rings is 1. The van der Waals surface area contributed by atoms with Crippen LogP contribution in [0.3, 0.4) is 0 Å². The maximum atomic E-state index is 5.63. The van der Waals surface area contributed by atoms with Gasteiger partial charge in [0.15, 0.2) is 0 Å². The average molecular weight is 259 g/mol. The van der Waals surface area contributed by atoms with E-state index >= 15 is 0 Å². The smallest absolute Gasteiger partial charge is 0.146 e. The van der Waals surface area contributed by atoms with Crippen LogP contribution in [0.4, 0.5) is 5.69 Å². The Hall–Kier alpha value is -1.88. The molecule has 1 aromatic heterocycles. The molecule has 0 amide bonds. The Morgan fingerprint density at radius 1 is 1.26 bits per heavy atom. The molecular formula is C14H21N5. The van der Waals surface area contributed by atoms with Crippen molar-refractivity contribution in [3.8, 4) is 0 Å². The largest absolute Gasteiger partial charge is 0.362 e. The summed E-state index contributed by atoms with van der Waals surface area (Å²) in [5.41, 5.74) is 7.95.